The number of rotatable bonds is 4. The molecule has 0 unspecified atom stereocenters. The lowest BCUT2D eigenvalue weighted by atomic mass is 10.1. The van der Waals surface area contributed by atoms with Crippen LogP contribution in [0.5, 0.6) is 0 Å². The molecule has 6 rings (SSSR count). The molecule has 0 spiro atoms. The average Bonchev–Trinajstić information content (AvgIpc) is 3.57. The Morgan fingerprint density at radius 3 is 2.97 bits per heavy atom. The maximum Gasteiger partial charge on any atom is 0.228 e. The number of nitrogens with one attached hydrogen (secondary N) is 1. The molecular formula is C22H16N4O2S2. The second-order valence-corrected chi connectivity index (χ2v) is 9.00. The Bertz CT molecular complexity index is 1260. The topological polar surface area (TPSA) is 70.7 Å². The number of carbonyl (C=O) groups is 1. The smallest absolute Gasteiger partial charge is 0.228 e. The zero-order chi connectivity index (χ0) is 20.1. The first-order chi connectivity index (χ1) is 14.7. The van der Waals surface area contributed by atoms with Gasteiger partial charge >= 0.3 is 0 Å². The first kappa shape index (κ1) is 17.6. The SMILES string of the molecule is O=C1Cc2cc(-c3csc(N4N=C(c5cccs5)C[C@@H]4c4ccco4)n3)ccc2N1. The monoisotopic (exact) mass is 432 g/mol. The van der Waals surface area contributed by atoms with Crippen molar-refractivity contribution in [2.45, 2.75) is 18.9 Å². The summed E-state index contributed by atoms with van der Waals surface area (Å²) in [5.74, 6) is 0.916. The van der Waals surface area contributed by atoms with Gasteiger partial charge in [-0.1, -0.05) is 12.1 Å². The zero-order valence-corrected chi connectivity index (χ0v) is 17.4. The lowest BCUT2D eigenvalue weighted by Crippen LogP contribution is -2.17. The van der Waals surface area contributed by atoms with Gasteiger partial charge in [0.15, 0.2) is 0 Å². The van der Waals surface area contributed by atoms with Crippen molar-refractivity contribution in [1.29, 1.82) is 0 Å². The number of furan rings is 1. The summed E-state index contributed by atoms with van der Waals surface area (Å²) in [5.41, 5.74) is 4.84. The molecule has 6 nitrogen and oxygen atoms in total. The number of hydrogen-bond acceptors (Lipinski definition) is 7. The van der Waals surface area contributed by atoms with E-state index in [1.165, 1.54) is 4.88 Å². The van der Waals surface area contributed by atoms with Gasteiger partial charge in [-0.3, -0.25) is 4.79 Å². The third kappa shape index (κ3) is 2.96. The summed E-state index contributed by atoms with van der Waals surface area (Å²) in [6.45, 7) is 0. The van der Waals surface area contributed by atoms with E-state index in [0.29, 0.717) is 6.42 Å². The molecule has 148 valence electrons. The van der Waals surface area contributed by atoms with Gasteiger partial charge < -0.3 is 9.73 Å². The number of hydrogen-bond donors (Lipinski definition) is 1. The van der Waals surface area contributed by atoms with Crippen molar-refractivity contribution in [2.24, 2.45) is 5.10 Å². The second-order valence-electron chi connectivity index (χ2n) is 7.22. The van der Waals surface area contributed by atoms with Crippen LogP contribution in [-0.2, 0) is 11.2 Å². The molecule has 0 saturated carbocycles. The van der Waals surface area contributed by atoms with Gasteiger partial charge in [-0.15, -0.1) is 22.7 Å². The van der Waals surface area contributed by atoms with Crippen molar-refractivity contribution < 1.29 is 9.21 Å². The maximum atomic E-state index is 11.6. The average molecular weight is 433 g/mol. The predicted octanol–water partition coefficient (Wildman–Crippen LogP) is 5.31. The Labute approximate surface area is 180 Å². The number of thiophene rings is 1. The second kappa shape index (κ2) is 6.93. The summed E-state index contributed by atoms with van der Waals surface area (Å²) >= 11 is 3.25. The largest absolute Gasteiger partial charge is 0.467 e. The highest BCUT2D eigenvalue weighted by molar-refractivity contribution is 7.14. The fourth-order valence-electron chi connectivity index (χ4n) is 3.87. The molecule has 0 bridgehead atoms. The van der Waals surface area contributed by atoms with Crippen molar-refractivity contribution in [2.75, 3.05) is 10.3 Å². The van der Waals surface area contributed by atoms with Crippen LogP contribution in [-0.4, -0.2) is 16.6 Å². The lowest BCUT2D eigenvalue weighted by Gasteiger charge is -2.18. The summed E-state index contributed by atoms with van der Waals surface area (Å²) in [6.07, 6.45) is 2.89. The van der Waals surface area contributed by atoms with E-state index >= 15 is 0 Å². The number of benzene rings is 1. The summed E-state index contributed by atoms with van der Waals surface area (Å²) in [5, 5.41) is 14.7. The number of anilines is 2. The number of aromatic nitrogens is 1. The minimum atomic E-state index is -0.0158. The molecule has 2 aliphatic heterocycles. The van der Waals surface area contributed by atoms with Crippen LogP contribution in [0.25, 0.3) is 11.3 Å². The normalized spacial score (nSPS) is 17.9. The molecule has 0 radical (unpaired) electrons. The predicted molar refractivity (Wildman–Crippen MR) is 119 cm³/mol. The highest BCUT2D eigenvalue weighted by atomic mass is 32.1. The summed E-state index contributed by atoms with van der Waals surface area (Å²) < 4.78 is 5.71. The molecule has 8 heteroatoms. The van der Waals surface area contributed by atoms with E-state index in [1.807, 2.05) is 46.8 Å². The van der Waals surface area contributed by atoms with Crippen LogP contribution in [0, 0.1) is 0 Å². The fraction of sp³-hybridized carbons (Fsp3) is 0.136. The van der Waals surface area contributed by atoms with E-state index in [-0.39, 0.29) is 11.9 Å². The van der Waals surface area contributed by atoms with E-state index in [0.717, 1.165) is 45.5 Å². The molecule has 0 fully saturated rings. The van der Waals surface area contributed by atoms with Gasteiger partial charge in [0.1, 0.15) is 11.8 Å². The van der Waals surface area contributed by atoms with Gasteiger partial charge in [0.25, 0.3) is 0 Å². The minimum absolute atomic E-state index is 0.0158. The molecule has 3 aromatic heterocycles. The third-order valence-electron chi connectivity index (χ3n) is 5.30. The van der Waals surface area contributed by atoms with Gasteiger partial charge in [-0.25, -0.2) is 9.99 Å². The van der Waals surface area contributed by atoms with Crippen LogP contribution in [0.2, 0.25) is 0 Å². The van der Waals surface area contributed by atoms with Crippen LogP contribution in [0.3, 0.4) is 0 Å². The van der Waals surface area contributed by atoms with Crippen molar-refractivity contribution in [3.8, 4) is 11.3 Å². The van der Waals surface area contributed by atoms with Crippen molar-refractivity contribution in [3.63, 3.8) is 0 Å². The van der Waals surface area contributed by atoms with Gasteiger partial charge in [0.2, 0.25) is 11.0 Å². The molecule has 5 heterocycles. The molecule has 1 aromatic carbocycles. The standard InChI is InChI=1S/C22H16N4O2S2/c27-21-10-14-9-13(5-6-15(14)23-21)17-12-30-22(24-17)26-18(19-3-1-7-28-19)11-16(25-26)20-4-2-8-29-20/h1-9,12,18H,10-11H2,(H,23,27)/t18-/m1/s1. The molecule has 1 N–H and O–H groups in total. The number of thiazole rings is 1. The van der Waals surface area contributed by atoms with Crippen molar-refractivity contribution in [3.05, 3.63) is 75.7 Å². The molecule has 0 saturated heterocycles. The Kier molecular flexibility index (Phi) is 4.07. The van der Waals surface area contributed by atoms with Crippen molar-refractivity contribution in [1.82, 2.24) is 4.98 Å². The molecule has 4 aromatic rings. The summed E-state index contributed by atoms with van der Waals surface area (Å²) in [7, 11) is 0. The Morgan fingerprint density at radius 1 is 1.17 bits per heavy atom. The fourth-order valence-corrected chi connectivity index (χ4v) is 5.43. The Morgan fingerprint density at radius 2 is 2.13 bits per heavy atom. The number of nitrogens with zero attached hydrogens (tertiary/aromatic N) is 3. The van der Waals surface area contributed by atoms with E-state index < -0.39 is 0 Å². The van der Waals surface area contributed by atoms with Gasteiger partial charge in [-0.05, 0) is 41.3 Å². The molecule has 1 atom stereocenters. The van der Waals surface area contributed by atoms with Crippen LogP contribution in [0.15, 0.2) is 69.0 Å². The lowest BCUT2D eigenvalue weighted by molar-refractivity contribution is -0.115. The first-order valence-electron chi connectivity index (χ1n) is 9.57. The molecule has 0 aliphatic carbocycles. The maximum absolute atomic E-state index is 11.6. The number of carbonyl (C=O) groups excluding carboxylic acids is 1. The third-order valence-corrected chi connectivity index (χ3v) is 7.05. The van der Waals surface area contributed by atoms with Gasteiger partial charge in [-0.2, -0.15) is 5.10 Å². The summed E-state index contributed by atoms with van der Waals surface area (Å²) in [4.78, 5) is 17.7. The van der Waals surface area contributed by atoms with Gasteiger partial charge in [0.05, 0.1) is 29.0 Å². The zero-order valence-electron chi connectivity index (χ0n) is 15.7. The molecule has 30 heavy (non-hydrogen) atoms. The van der Waals surface area contributed by atoms with E-state index in [4.69, 9.17) is 14.5 Å². The minimum Gasteiger partial charge on any atom is -0.467 e. The van der Waals surface area contributed by atoms with Crippen LogP contribution in [0.4, 0.5) is 10.8 Å². The number of fused-ring (bicyclic) bond motifs is 1. The number of hydrazone groups is 1. The van der Waals surface area contributed by atoms with E-state index in [2.05, 4.69) is 16.8 Å². The van der Waals surface area contributed by atoms with Crippen LogP contribution < -0.4 is 10.3 Å². The van der Waals surface area contributed by atoms with Gasteiger partial charge in [0, 0.05) is 23.1 Å². The Hall–Kier alpha value is -3.23. The Balaban J connectivity index is 1.36. The summed E-state index contributed by atoms with van der Waals surface area (Å²) in [6, 6.07) is 14.0. The molecule has 1 amide bonds. The van der Waals surface area contributed by atoms with Crippen LogP contribution in [0.1, 0.15) is 28.7 Å². The quantitative estimate of drug-likeness (QED) is 0.474. The van der Waals surface area contributed by atoms with Crippen LogP contribution >= 0.6 is 22.7 Å². The van der Waals surface area contributed by atoms with E-state index in [9.17, 15) is 4.79 Å². The highest BCUT2D eigenvalue weighted by Gasteiger charge is 2.34. The van der Waals surface area contributed by atoms with Crippen molar-refractivity contribution >= 4 is 45.1 Å². The molecule has 2 aliphatic rings. The highest BCUT2D eigenvalue weighted by Crippen LogP contribution is 2.40. The van der Waals surface area contributed by atoms with E-state index in [1.54, 1.807) is 28.9 Å². The molecular weight excluding hydrogens is 416 g/mol. The first-order valence-corrected chi connectivity index (χ1v) is 11.3. The number of amides is 1.